The molecular formula is C15H24N2O2. The van der Waals surface area contributed by atoms with Crippen molar-refractivity contribution in [1.29, 1.82) is 0 Å². The highest BCUT2D eigenvalue weighted by atomic mass is 16.2. The number of aldehydes is 1. The topological polar surface area (TPSA) is 49.4 Å². The lowest BCUT2D eigenvalue weighted by molar-refractivity contribution is -0.139. The van der Waals surface area contributed by atoms with Gasteiger partial charge in [0.15, 0.2) is 0 Å². The van der Waals surface area contributed by atoms with Crippen LogP contribution in [0.3, 0.4) is 0 Å². The maximum absolute atomic E-state index is 12.7. The van der Waals surface area contributed by atoms with E-state index in [2.05, 4.69) is 5.32 Å². The number of carbonyl (C=O) groups is 2. The Morgan fingerprint density at radius 1 is 1.11 bits per heavy atom. The number of hydrogen-bond acceptors (Lipinski definition) is 3. The van der Waals surface area contributed by atoms with Crippen molar-refractivity contribution in [2.45, 2.75) is 57.0 Å². The molecule has 0 bridgehead atoms. The average Bonchev–Trinajstić information content (AvgIpc) is 2.94. The van der Waals surface area contributed by atoms with Crippen LogP contribution in [0, 0.1) is 11.8 Å². The summed E-state index contributed by atoms with van der Waals surface area (Å²) in [5.74, 6) is 1.41. The molecule has 4 nitrogen and oxygen atoms in total. The second kappa shape index (κ2) is 5.61. The summed E-state index contributed by atoms with van der Waals surface area (Å²) in [6.45, 7) is 1.72. The van der Waals surface area contributed by atoms with E-state index >= 15 is 0 Å². The average molecular weight is 264 g/mol. The summed E-state index contributed by atoms with van der Waals surface area (Å²) >= 11 is 0. The summed E-state index contributed by atoms with van der Waals surface area (Å²) in [5.41, 5.74) is 0. The minimum atomic E-state index is -0.168. The third-order valence-electron chi connectivity index (χ3n) is 5.28. The highest BCUT2D eigenvalue weighted by Crippen LogP contribution is 2.37. The van der Waals surface area contributed by atoms with Crippen LogP contribution in [-0.2, 0) is 9.59 Å². The molecule has 3 fully saturated rings. The Labute approximate surface area is 114 Å². The standard InChI is InChI=1S/C15H24N2O2/c18-10-12-5-3-9-17(12)15(19)14-13-6-2-1-4-11(13)7-8-16-14/h10-14,16H,1-9H2/t11?,12-,13?,14?/m0/s1. The fourth-order valence-corrected chi connectivity index (χ4v) is 4.27. The van der Waals surface area contributed by atoms with Gasteiger partial charge in [0.2, 0.25) is 5.91 Å². The van der Waals surface area contributed by atoms with Gasteiger partial charge in [0.05, 0.1) is 12.1 Å². The molecule has 2 aliphatic heterocycles. The minimum Gasteiger partial charge on any atom is -0.332 e. The molecule has 0 aromatic heterocycles. The molecule has 2 heterocycles. The van der Waals surface area contributed by atoms with Gasteiger partial charge in [-0.05, 0) is 44.1 Å². The molecule has 2 saturated heterocycles. The number of nitrogens with one attached hydrogen (secondary N) is 1. The van der Waals surface area contributed by atoms with Gasteiger partial charge in [-0.25, -0.2) is 0 Å². The number of carbonyl (C=O) groups excluding carboxylic acids is 2. The van der Waals surface area contributed by atoms with Crippen LogP contribution in [0.4, 0.5) is 0 Å². The minimum absolute atomic E-state index is 0.0281. The number of hydrogen-bond donors (Lipinski definition) is 1. The third kappa shape index (κ3) is 2.42. The van der Waals surface area contributed by atoms with Gasteiger partial charge in [0, 0.05) is 6.54 Å². The van der Waals surface area contributed by atoms with E-state index in [-0.39, 0.29) is 18.0 Å². The quantitative estimate of drug-likeness (QED) is 0.766. The van der Waals surface area contributed by atoms with Crippen LogP contribution in [-0.4, -0.2) is 42.3 Å². The zero-order chi connectivity index (χ0) is 13.2. The van der Waals surface area contributed by atoms with Crippen molar-refractivity contribution in [1.82, 2.24) is 10.2 Å². The zero-order valence-electron chi connectivity index (χ0n) is 11.5. The van der Waals surface area contributed by atoms with Crippen LogP contribution in [0.5, 0.6) is 0 Å². The molecule has 3 aliphatic rings. The maximum Gasteiger partial charge on any atom is 0.240 e. The summed E-state index contributed by atoms with van der Waals surface area (Å²) in [6.07, 6.45) is 9.01. The van der Waals surface area contributed by atoms with Crippen molar-refractivity contribution in [3.05, 3.63) is 0 Å². The van der Waals surface area contributed by atoms with Crippen molar-refractivity contribution < 1.29 is 9.59 Å². The Hall–Kier alpha value is -0.900. The summed E-state index contributed by atoms with van der Waals surface area (Å²) < 4.78 is 0. The molecule has 1 saturated carbocycles. The highest BCUT2D eigenvalue weighted by molar-refractivity contribution is 5.85. The molecule has 1 amide bonds. The van der Waals surface area contributed by atoms with Gasteiger partial charge in [-0.2, -0.15) is 0 Å². The predicted octanol–water partition coefficient (Wildman–Crippen LogP) is 1.34. The molecule has 0 aromatic rings. The second-order valence-electron chi connectivity index (χ2n) is 6.31. The summed E-state index contributed by atoms with van der Waals surface area (Å²) in [6, 6.07) is -0.196. The molecule has 0 spiro atoms. The lowest BCUT2D eigenvalue weighted by atomic mass is 9.71. The van der Waals surface area contributed by atoms with Gasteiger partial charge in [0.25, 0.3) is 0 Å². The first-order valence-electron chi connectivity index (χ1n) is 7.80. The van der Waals surface area contributed by atoms with Gasteiger partial charge < -0.3 is 15.0 Å². The molecular weight excluding hydrogens is 240 g/mol. The fourth-order valence-electron chi connectivity index (χ4n) is 4.27. The van der Waals surface area contributed by atoms with Crippen LogP contribution in [0.25, 0.3) is 0 Å². The molecule has 106 valence electrons. The van der Waals surface area contributed by atoms with Crippen molar-refractivity contribution in [2.24, 2.45) is 11.8 Å². The SMILES string of the molecule is O=C[C@@H]1CCCN1C(=O)C1NCCC2CCCCC21. The van der Waals surface area contributed by atoms with Gasteiger partial charge in [-0.1, -0.05) is 19.3 Å². The first-order chi connectivity index (χ1) is 9.31. The molecule has 3 rings (SSSR count). The van der Waals surface area contributed by atoms with E-state index in [0.717, 1.165) is 38.1 Å². The zero-order valence-corrected chi connectivity index (χ0v) is 11.5. The molecule has 1 aliphatic carbocycles. The lowest BCUT2D eigenvalue weighted by Crippen LogP contribution is -2.57. The smallest absolute Gasteiger partial charge is 0.240 e. The Kier molecular flexibility index (Phi) is 3.87. The van der Waals surface area contributed by atoms with Crippen molar-refractivity contribution >= 4 is 12.2 Å². The molecule has 0 aromatic carbocycles. The van der Waals surface area contributed by atoms with Crippen molar-refractivity contribution in [3.8, 4) is 0 Å². The van der Waals surface area contributed by atoms with Crippen molar-refractivity contribution in [3.63, 3.8) is 0 Å². The first-order valence-corrected chi connectivity index (χ1v) is 7.80. The largest absolute Gasteiger partial charge is 0.332 e. The third-order valence-corrected chi connectivity index (χ3v) is 5.28. The Balaban J connectivity index is 1.72. The summed E-state index contributed by atoms with van der Waals surface area (Å²) in [7, 11) is 0. The van der Waals surface area contributed by atoms with Crippen LogP contribution < -0.4 is 5.32 Å². The van der Waals surface area contributed by atoms with Crippen molar-refractivity contribution in [2.75, 3.05) is 13.1 Å². The van der Waals surface area contributed by atoms with Gasteiger partial charge in [-0.15, -0.1) is 0 Å². The molecule has 3 unspecified atom stereocenters. The number of piperidine rings is 1. The van der Waals surface area contributed by atoms with E-state index < -0.39 is 0 Å². The number of rotatable bonds is 2. The second-order valence-corrected chi connectivity index (χ2v) is 6.31. The van der Waals surface area contributed by atoms with Gasteiger partial charge in [0.1, 0.15) is 6.29 Å². The first kappa shape index (κ1) is 13.1. The number of likely N-dealkylation sites (tertiary alicyclic amines) is 1. The van der Waals surface area contributed by atoms with E-state index in [9.17, 15) is 9.59 Å². The van der Waals surface area contributed by atoms with Crippen LogP contribution in [0.2, 0.25) is 0 Å². The number of amides is 1. The molecule has 4 heteroatoms. The highest BCUT2D eigenvalue weighted by Gasteiger charge is 2.42. The van der Waals surface area contributed by atoms with Crippen LogP contribution >= 0.6 is 0 Å². The summed E-state index contributed by atoms with van der Waals surface area (Å²) in [4.78, 5) is 25.6. The van der Waals surface area contributed by atoms with Crippen LogP contribution in [0.1, 0.15) is 44.9 Å². The van der Waals surface area contributed by atoms with Gasteiger partial charge >= 0.3 is 0 Å². The fraction of sp³-hybridized carbons (Fsp3) is 0.867. The van der Waals surface area contributed by atoms with Crippen LogP contribution in [0.15, 0.2) is 0 Å². The van der Waals surface area contributed by atoms with E-state index in [1.807, 2.05) is 4.90 Å². The summed E-state index contributed by atoms with van der Waals surface area (Å²) in [5, 5.41) is 3.43. The molecule has 4 atom stereocenters. The van der Waals surface area contributed by atoms with E-state index in [1.165, 1.54) is 32.1 Å². The Bertz CT molecular complexity index is 356. The maximum atomic E-state index is 12.7. The van der Waals surface area contributed by atoms with Gasteiger partial charge in [-0.3, -0.25) is 4.79 Å². The normalized spacial score (nSPS) is 38.8. The molecule has 19 heavy (non-hydrogen) atoms. The number of fused-ring (bicyclic) bond motifs is 1. The Morgan fingerprint density at radius 3 is 2.79 bits per heavy atom. The van der Waals surface area contributed by atoms with E-state index in [0.29, 0.717) is 5.92 Å². The molecule has 1 N–H and O–H groups in total. The predicted molar refractivity (Wildman–Crippen MR) is 72.7 cm³/mol. The Morgan fingerprint density at radius 2 is 1.95 bits per heavy atom. The van der Waals surface area contributed by atoms with E-state index in [1.54, 1.807) is 0 Å². The molecule has 0 radical (unpaired) electrons. The van der Waals surface area contributed by atoms with E-state index in [4.69, 9.17) is 0 Å². The lowest BCUT2D eigenvalue weighted by Gasteiger charge is -2.42. The monoisotopic (exact) mass is 264 g/mol. The number of nitrogens with zero attached hydrogens (tertiary/aromatic N) is 1.